The minimum absolute atomic E-state index is 0.817. The van der Waals surface area contributed by atoms with E-state index in [1.807, 2.05) is 6.26 Å². The fourth-order valence-electron chi connectivity index (χ4n) is 0.325. The Labute approximate surface area is 60.7 Å². The highest BCUT2D eigenvalue weighted by Crippen LogP contribution is 2.04. The average molecular weight is 164 g/mol. The molecule has 0 atom stereocenters. The van der Waals surface area contributed by atoms with Crippen LogP contribution in [0.3, 0.4) is 0 Å². The lowest BCUT2D eigenvalue weighted by Crippen LogP contribution is -1.83. The number of hydrogen-bond acceptors (Lipinski definition) is 4. The molecule has 0 aliphatic heterocycles. The summed E-state index contributed by atoms with van der Waals surface area (Å²) in [5.74, 6) is 0. The molecule has 0 N–H and O–H groups in total. The van der Waals surface area contributed by atoms with Crippen molar-refractivity contribution in [3.05, 3.63) is 9.46 Å². The van der Waals surface area contributed by atoms with Gasteiger partial charge in [-0.25, -0.2) is 0 Å². The fraction of sp³-hybridized carbons (Fsp3) is 0.333. The van der Waals surface area contributed by atoms with Crippen molar-refractivity contribution in [2.24, 2.45) is 0 Å². The van der Waals surface area contributed by atoms with Gasteiger partial charge in [-0.1, -0.05) is 11.3 Å². The Kier molecular flexibility index (Phi) is 2.04. The lowest BCUT2D eigenvalue weighted by molar-refractivity contribution is 1.00. The van der Waals surface area contributed by atoms with Crippen LogP contribution in [0.2, 0.25) is 0 Å². The van der Waals surface area contributed by atoms with Crippen LogP contribution in [-0.2, 0) is 0 Å². The Balaban J connectivity index is 3.11. The number of hydrogen-bond donors (Lipinski definition) is 0. The molecule has 44 valence electrons. The van der Waals surface area contributed by atoms with Gasteiger partial charge in [0.1, 0.15) is 5.51 Å². The van der Waals surface area contributed by atoms with Crippen LogP contribution in [-0.4, -0.2) is 15.4 Å². The summed E-state index contributed by atoms with van der Waals surface area (Å²) in [6.45, 7) is 0. The second kappa shape index (κ2) is 2.61. The van der Waals surface area contributed by atoms with E-state index in [0.29, 0.717) is 0 Å². The first-order valence-electron chi connectivity index (χ1n) is 1.92. The molecular formula is C3H4N2S3. The molecule has 1 aromatic rings. The normalized spacial score (nSPS) is 9.62. The zero-order valence-electron chi connectivity index (χ0n) is 4.20. The van der Waals surface area contributed by atoms with Crippen LogP contribution in [0.5, 0.6) is 0 Å². The maximum atomic E-state index is 4.88. The summed E-state index contributed by atoms with van der Waals surface area (Å²) in [5, 5.41) is 3.93. The Hall–Kier alpha value is 0.130. The molecule has 0 spiro atoms. The van der Waals surface area contributed by atoms with E-state index in [4.69, 9.17) is 12.2 Å². The lowest BCUT2D eigenvalue weighted by Gasteiger charge is -1.86. The molecule has 0 unspecified atom stereocenters. The standard InChI is InChI=1S/C3H4N2S3/c1-7-5-3(6)8-2-4-5/h2H,1H3. The third kappa shape index (κ3) is 1.10. The SMILES string of the molecule is CSn1ncsc1=S. The van der Waals surface area contributed by atoms with Crippen LogP contribution in [0.1, 0.15) is 0 Å². The molecule has 0 saturated heterocycles. The molecule has 0 amide bonds. The fourth-order valence-corrected chi connectivity index (χ4v) is 1.80. The van der Waals surface area contributed by atoms with Crippen molar-refractivity contribution in [1.29, 1.82) is 0 Å². The summed E-state index contributed by atoms with van der Waals surface area (Å²) >= 11 is 7.87. The summed E-state index contributed by atoms with van der Waals surface area (Å²) < 4.78 is 2.53. The predicted octanol–water partition coefficient (Wildman–Crippen LogP) is 1.80. The summed E-state index contributed by atoms with van der Waals surface area (Å²) in [4.78, 5) is 0. The van der Waals surface area contributed by atoms with E-state index in [2.05, 4.69) is 5.10 Å². The Morgan fingerprint density at radius 3 is 3.00 bits per heavy atom. The van der Waals surface area contributed by atoms with Gasteiger partial charge in [0, 0.05) is 6.26 Å². The third-order valence-corrected chi connectivity index (χ3v) is 2.52. The van der Waals surface area contributed by atoms with E-state index in [9.17, 15) is 0 Å². The molecule has 1 heterocycles. The maximum Gasteiger partial charge on any atom is 0.190 e. The quantitative estimate of drug-likeness (QED) is 0.589. The van der Waals surface area contributed by atoms with Gasteiger partial charge in [0.2, 0.25) is 0 Å². The monoisotopic (exact) mass is 164 g/mol. The molecule has 2 nitrogen and oxygen atoms in total. The number of rotatable bonds is 1. The Bertz CT molecular complexity index is 212. The zero-order valence-corrected chi connectivity index (χ0v) is 6.65. The summed E-state index contributed by atoms with van der Waals surface area (Å²) in [7, 11) is 0. The van der Waals surface area contributed by atoms with Crippen LogP contribution in [0.15, 0.2) is 5.51 Å². The minimum Gasteiger partial charge on any atom is -0.185 e. The topological polar surface area (TPSA) is 17.8 Å². The average Bonchev–Trinajstić information content (AvgIpc) is 2.14. The van der Waals surface area contributed by atoms with Gasteiger partial charge >= 0.3 is 0 Å². The first kappa shape index (κ1) is 6.25. The predicted molar refractivity (Wildman–Crippen MR) is 39.9 cm³/mol. The molecule has 0 saturated carbocycles. The Morgan fingerprint density at radius 2 is 2.75 bits per heavy atom. The lowest BCUT2D eigenvalue weighted by atomic mass is 11.6. The second-order valence-electron chi connectivity index (χ2n) is 1.06. The molecule has 1 aromatic heterocycles. The third-order valence-electron chi connectivity index (χ3n) is 0.635. The van der Waals surface area contributed by atoms with Gasteiger partial charge in [-0.15, -0.1) is 0 Å². The van der Waals surface area contributed by atoms with E-state index < -0.39 is 0 Å². The van der Waals surface area contributed by atoms with Crippen LogP contribution in [0.25, 0.3) is 0 Å². The number of nitrogens with zero attached hydrogens (tertiary/aromatic N) is 2. The minimum atomic E-state index is 0.817. The molecule has 0 radical (unpaired) electrons. The molecule has 5 heteroatoms. The van der Waals surface area contributed by atoms with E-state index in [1.54, 1.807) is 9.60 Å². The maximum absolute atomic E-state index is 4.88. The van der Waals surface area contributed by atoms with E-state index >= 15 is 0 Å². The molecular weight excluding hydrogens is 160 g/mol. The van der Waals surface area contributed by atoms with E-state index in [1.165, 1.54) is 23.3 Å². The first-order valence-corrected chi connectivity index (χ1v) is 4.39. The van der Waals surface area contributed by atoms with Gasteiger partial charge in [0.15, 0.2) is 3.95 Å². The molecule has 0 aliphatic rings. The Morgan fingerprint density at radius 1 is 2.00 bits per heavy atom. The molecule has 1 rings (SSSR count). The van der Waals surface area contributed by atoms with Crippen molar-refractivity contribution in [2.75, 3.05) is 6.26 Å². The van der Waals surface area contributed by atoms with Gasteiger partial charge in [-0.05, 0) is 24.2 Å². The van der Waals surface area contributed by atoms with E-state index in [-0.39, 0.29) is 0 Å². The summed E-state index contributed by atoms with van der Waals surface area (Å²) in [6.07, 6.45) is 1.94. The van der Waals surface area contributed by atoms with Crippen LogP contribution >= 0.6 is 35.5 Å². The highest BCUT2D eigenvalue weighted by Gasteiger charge is 1.87. The molecule has 8 heavy (non-hydrogen) atoms. The zero-order chi connectivity index (χ0) is 5.98. The second-order valence-corrected chi connectivity index (χ2v) is 3.25. The summed E-state index contributed by atoms with van der Waals surface area (Å²) in [6, 6.07) is 0. The van der Waals surface area contributed by atoms with Crippen molar-refractivity contribution in [2.45, 2.75) is 0 Å². The van der Waals surface area contributed by atoms with Gasteiger partial charge in [-0.3, -0.25) is 0 Å². The molecule has 0 fully saturated rings. The van der Waals surface area contributed by atoms with Crippen molar-refractivity contribution in [3.63, 3.8) is 0 Å². The highest BCUT2D eigenvalue weighted by atomic mass is 32.2. The smallest absolute Gasteiger partial charge is 0.185 e. The van der Waals surface area contributed by atoms with Gasteiger partial charge in [0.25, 0.3) is 0 Å². The molecule has 0 bridgehead atoms. The largest absolute Gasteiger partial charge is 0.190 e. The van der Waals surface area contributed by atoms with Crippen molar-refractivity contribution in [1.82, 2.24) is 9.19 Å². The van der Waals surface area contributed by atoms with Crippen molar-refractivity contribution >= 4 is 35.5 Å². The van der Waals surface area contributed by atoms with Gasteiger partial charge in [-0.2, -0.15) is 9.19 Å². The van der Waals surface area contributed by atoms with Crippen LogP contribution in [0.4, 0.5) is 0 Å². The van der Waals surface area contributed by atoms with Gasteiger partial charge in [0.05, 0.1) is 0 Å². The number of aromatic nitrogens is 2. The van der Waals surface area contributed by atoms with Crippen molar-refractivity contribution in [3.8, 4) is 0 Å². The van der Waals surface area contributed by atoms with Crippen molar-refractivity contribution < 1.29 is 0 Å². The molecule has 0 aliphatic carbocycles. The van der Waals surface area contributed by atoms with Crippen LogP contribution < -0.4 is 0 Å². The highest BCUT2D eigenvalue weighted by molar-refractivity contribution is 7.97. The summed E-state index contributed by atoms with van der Waals surface area (Å²) in [5.41, 5.74) is 1.73. The van der Waals surface area contributed by atoms with Crippen LogP contribution in [0, 0.1) is 3.95 Å². The van der Waals surface area contributed by atoms with Gasteiger partial charge < -0.3 is 0 Å². The molecule has 0 aromatic carbocycles. The van der Waals surface area contributed by atoms with E-state index in [0.717, 1.165) is 3.95 Å². The first-order chi connectivity index (χ1) is 3.84.